The number of pyridine rings is 1. The summed E-state index contributed by atoms with van der Waals surface area (Å²) in [5, 5.41) is 3.30. The average molecular weight is 353 g/mol. The van der Waals surface area contributed by atoms with E-state index < -0.39 is 35.2 Å². The highest BCUT2D eigenvalue weighted by Crippen LogP contribution is 2.33. The molecule has 130 valence electrons. The van der Waals surface area contributed by atoms with Crippen LogP contribution >= 0.6 is 0 Å². The lowest BCUT2D eigenvalue weighted by atomic mass is 9.90. The summed E-state index contributed by atoms with van der Waals surface area (Å²) in [6.07, 6.45) is -3.55. The Morgan fingerprint density at radius 1 is 1.20 bits per heavy atom. The first-order valence-corrected chi connectivity index (χ1v) is 7.16. The SMILES string of the molecule is CC(c1ccccc1F)c1c(-c2noc(C(F)(F)F)n2)cc[nH]c1=O. The molecule has 5 nitrogen and oxygen atoms in total. The average Bonchev–Trinajstić information content (AvgIpc) is 3.04. The number of halogens is 4. The van der Waals surface area contributed by atoms with Gasteiger partial charge in [-0.2, -0.15) is 18.2 Å². The molecule has 25 heavy (non-hydrogen) atoms. The van der Waals surface area contributed by atoms with Crippen molar-refractivity contribution in [2.45, 2.75) is 19.0 Å². The van der Waals surface area contributed by atoms with Gasteiger partial charge in [-0.1, -0.05) is 30.3 Å². The highest BCUT2D eigenvalue weighted by molar-refractivity contribution is 5.61. The van der Waals surface area contributed by atoms with E-state index in [1.165, 1.54) is 30.5 Å². The Morgan fingerprint density at radius 3 is 2.56 bits per heavy atom. The van der Waals surface area contributed by atoms with Gasteiger partial charge in [0, 0.05) is 23.2 Å². The third-order valence-electron chi connectivity index (χ3n) is 3.71. The lowest BCUT2D eigenvalue weighted by Gasteiger charge is -2.14. The van der Waals surface area contributed by atoms with Crippen molar-refractivity contribution in [3.8, 4) is 11.4 Å². The summed E-state index contributed by atoms with van der Waals surface area (Å²) in [5.74, 6) is -3.19. The minimum atomic E-state index is -4.80. The second kappa shape index (κ2) is 6.15. The molecule has 0 amide bonds. The Kier molecular flexibility index (Phi) is 4.15. The summed E-state index contributed by atoms with van der Waals surface area (Å²) in [4.78, 5) is 18.0. The number of hydrogen-bond acceptors (Lipinski definition) is 4. The molecule has 2 aromatic heterocycles. The van der Waals surface area contributed by atoms with Crippen molar-refractivity contribution in [3.05, 3.63) is 69.7 Å². The molecule has 3 rings (SSSR count). The standard InChI is InChI=1S/C16H11F4N3O2/c1-8(9-4-2-3-5-11(9)17)12-10(6-7-21-14(12)24)13-22-15(25-23-13)16(18,19)20/h2-8H,1H3,(H,21,24). The summed E-state index contributed by atoms with van der Waals surface area (Å²) in [6.45, 7) is 1.57. The van der Waals surface area contributed by atoms with E-state index in [9.17, 15) is 22.4 Å². The molecule has 0 bridgehead atoms. The molecule has 9 heteroatoms. The maximum absolute atomic E-state index is 14.0. The van der Waals surface area contributed by atoms with E-state index in [0.717, 1.165) is 0 Å². The number of nitrogens with zero attached hydrogens (tertiary/aromatic N) is 2. The minimum absolute atomic E-state index is 0.0405. The second-order valence-electron chi connectivity index (χ2n) is 5.30. The summed E-state index contributed by atoms with van der Waals surface area (Å²) in [5.41, 5.74) is -0.271. The first kappa shape index (κ1) is 16.9. The van der Waals surface area contributed by atoms with Crippen molar-refractivity contribution < 1.29 is 22.1 Å². The normalized spacial score (nSPS) is 13.0. The Hall–Kier alpha value is -2.97. The Morgan fingerprint density at radius 2 is 1.92 bits per heavy atom. The Labute approximate surface area is 138 Å². The highest BCUT2D eigenvalue weighted by atomic mass is 19.4. The molecule has 0 aliphatic rings. The number of H-pyrrole nitrogens is 1. The van der Waals surface area contributed by atoms with Crippen LogP contribution in [0.25, 0.3) is 11.4 Å². The van der Waals surface area contributed by atoms with Crippen molar-refractivity contribution >= 4 is 0 Å². The Balaban J connectivity index is 2.14. The zero-order valence-corrected chi connectivity index (χ0v) is 12.8. The molecule has 2 heterocycles. The molecule has 0 aliphatic carbocycles. The van der Waals surface area contributed by atoms with E-state index in [1.54, 1.807) is 13.0 Å². The summed E-state index contributed by atoms with van der Waals surface area (Å²) in [6, 6.07) is 7.17. The van der Waals surface area contributed by atoms with Gasteiger partial charge in [-0.05, 0) is 17.7 Å². The number of alkyl halides is 3. The number of aromatic nitrogens is 3. The van der Waals surface area contributed by atoms with E-state index >= 15 is 0 Å². The lowest BCUT2D eigenvalue weighted by Crippen LogP contribution is -2.17. The van der Waals surface area contributed by atoms with Gasteiger partial charge >= 0.3 is 12.1 Å². The largest absolute Gasteiger partial charge is 0.471 e. The van der Waals surface area contributed by atoms with Crippen LogP contribution < -0.4 is 5.56 Å². The van der Waals surface area contributed by atoms with Crippen molar-refractivity contribution in [3.63, 3.8) is 0 Å². The van der Waals surface area contributed by atoms with Gasteiger partial charge < -0.3 is 9.51 Å². The third-order valence-corrected chi connectivity index (χ3v) is 3.71. The molecule has 0 saturated heterocycles. The van der Waals surface area contributed by atoms with Crippen molar-refractivity contribution in [2.75, 3.05) is 0 Å². The molecule has 1 atom stereocenters. The molecular formula is C16H11F4N3O2. The van der Waals surface area contributed by atoms with Gasteiger partial charge in [0.05, 0.1) is 0 Å². The van der Waals surface area contributed by atoms with Crippen LogP contribution in [-0.4, -0.2) is 15.1 Å². The van der Waals surface area contributed by atoms with E-state index in [1.807, 2.05) is 0 Å². The first-order chi connectivity index (χ1) is 11.8. The number of hydrogen-bond donors (Lipinski definition) is 1. The monoisotopic (exact) mass is 353 g/mol. The van der Waals surface area contributed by atoms with Gasteiger partial charge in [0.2, 0.25) is 5.82 Å². The van der Waals surface area contributed by atoms with Gasteiger partial charge in [0.25, 0.3) is 5.56 Å². The van der Waals surface area contributed by atoms with Gasteiger partial charge in [0.1, 0.15) is 5.82 Å². The van der Waals surface area contributed by atoms with Crippen LogP contribution in [0.5, 0.6) is 0 Å². The first-order valence-electron chi connectivity index (χ1n) is 7.16. The van der Waals surface area contributed by atoms with Gasteiger partial charge in [-0.3, -0.25) is 4.79 Å². The van der Waals surface area contributed by atoms with E-state index in [0.29, 0.717) is 0 Å². The zero-order chi connectivity index (χ0) is 18.2. The topological polar surface area (TPSA) is 71.8 Å². The quantitative estimate of drug-likeness (QED) is 0.728. The molecule has 0 radical (unpaired) electrons. The molecule has 0 aliphatic heterocycles. The van der Waals surface area contributed by atoms with Gasteiger partial charge in [-0.25, -0.2) is 4.39 Å². The van der Waals surface area contributed by atoms with Crippen LogP contribution in [0.15, 0.2) is 45.8 Å². The fourth-order valence-electron chi connectivity index (χ4n) is 2.55. The third kappa shape index (κ3) is 3.17. The molecule has 3 aromatic rings. The second-order valence-corrected chi connectivity index (χ2v) is 5.30. The van der Waals surface area contributed by atoms with E-state index in [4.69, 9.17) is 0 Å². The van der Waals surface area contributed by atoms with Crippen LogP contribution in [0.3, 0.4) is 0 Å². The van der Waals surface area contributed by atoms with Crippen molar-refractivity contribution in [2.24, 2.45) is 0 Å². The number of aromatic amines is 1. The Bertz CT molecular complexity index is 962. The predicted molar refractivity (Wildman–Crippen MR) is 79.3 cm³/mol. The summed E-state index contributed by atoms with van der Waals surface area (Å²) in [7, 11) is 0. The number of benzene rings is 1. The van der Waals surface area contributed by atoms with Gasteiger partial charge in [0.15, 0.2) is 0 Å². The highest BCUT2D eigenvalue weighted by Gasteiger charge is 2.39. The van der Waals surface area contributed by atoms with Crippen LogP contribution in [0.2, 0.25) is 0 Å². The number of rotatable bonds is 3. The smallest absolute Gasteiger partial charge is 0.329 e. The maximum atomic E-state index is 14.0. The lowest BCUT2D eigenvalue weighted by molar-refractivity contribution is -0.159. The molecule has 1 aromatic carbocycles. The fraction of sp³-hybridized carbons (Fsp3) is 0.188. The van der Waals surface area contributed by atoms with Crippen LogP contribution in [0.4, 0.5) is 17.6 Å². The molecule has 0 spiro atoms. The molecule has 0 saturated carbocycles. The van der Waals surface area contributed by atoms with Gasteiger partial charge in [-0.15, -0.1) is 0 Å². The zero-order valence-electron chi connectivity index (χ0n) is 12.8. The molecule has 1 N–H and O–H groups in total. The van der Waals surface area contributed by atoms with Crippen LogP contribution in [0, 0.1) is 5.82 Å². The maximum Gasteiger partial charge on any atom is 0.471 e. The molecular weight excluding hydrogens is 342 g/mol. The summed E-state index contributed by atoms with van der Waals surface area (Å²) < 4.78 is 56.2. The van der Waals surface area contributed by atoms with E-state index in [-0.39, 0.29) is 16.7 Å². The predicted octanol–water partition coefficient (Wildman–Crippen LogP) is 3.73. The van der Waals surface area contributed by atoms with E-state index in [2.05, 4.69) is 19.6 Å². The molecule has 1 unspecified atom stereocenters. The fourth-order valence-corrected chi connectivity index (χ4v) is 2.55. The van der Waals surface area contributed by atoms with Crippen LogP contribution in [0.1, 0.15) is 29.9 Å². The van der Waals surface area contributed by atoms with Crippen molar-refractivity contribution in [1.29, 1.82) is 0 Å². The summed E-state index contributed by atoms with van der Waals surface area (Å²) >= 11 is 0. The number of nitrogens with one attached hydrogen (secondary N) is 1. The molecule has 0 fully saturated rings. The van der Waals surface area contributed by atoms with Crippen molar-refractivity contribution in [1.82, 2.24) is 15.1 Å². The minimum Gasteiger partial charge on any atom is -0.329 e. The van der Waals surface area contributed by atoms with Crippen LogP contribution in [-0.2, 0) is 6.18 Å².